The summed E-state index contributed by atoms with van der Waals surface area (Å²) >= 11 is 0. The molecule has 2 aromatic heterocycles. The van der Waals surface area contributed by atoms with Gasteiger partial charge in [0.25, 0.3) is 0 Å². The van der Waals surface area contributed by atoms with Gasteiger partial charge in [-0.1, -0.05) is 0 Å². The molecule has 1 aliphatic heterocycles. The lowest BCUT2D eigenvalue weighted by atomic mass is 10.1. The fourth-order valence-electron chi connectivity index (χ4n) is 3.03. The molecule has 0 unspecified atom stereocenters. The molecule has 0 radical (unpaired) electrons. The lowest BCUT2D eigenvalue weighted by molar-refractivity contribution is 0.202. The molecule has 0 aliphatic carbocycles. The zero-order valence-corrected chi connectivity index (χ0v) is 13.3. The minimum Gasteiger partial charge on any atom is -0.309 e. The minimum atomic E-state index is 0.374. The summed E-state index contributed by atoms with van der Waals surface area (Å²) in [4.78, 5) is 20.0. The number of nitrogens with one attached hydrogen (secondary N) is 1. The van der Waals surface area contributed by atoms with Crippen LogP contribution in [-0.2, 0) is 0 Å². The number of anilines is 2. The van der Waals surface area contributed by atoms with Crippen molar-refractivity contribution in [1.82, 2.24) is 24.8 Å². The second-order valence-electron chi connectivity index (χ2n) is 5.91. The molecule has 0 bridgehead atoms. The number of aromatic nitrogens is 4. The van der Waals surface area contributed by atoms with Crippen LogP contribution >= 0.6 is 0 Å². The molecule has 1 N–H and O–H groups in total. The quantitative estimate of drug-likeness (QED) is 0.936. The van der Waals surface area contributed by atoms with Gasteiger partial charge in [0.05, 0.1) is 11.7 Å². The molecular weight excluding hydrogens is 276 g/mol. The van der Waals surface area contributed by atoms with Gasteiger partial charge in [0.2, 0.25) is 5.95 Å². The molecule has 6 heteroatoms. The first kappa shape index (κ1) is 14.8. The van der Waals surface area contributed by atoms with Crippen LogP contribution in [0.25, 0.3) is 0 Å². The fraction of sp³-hybridized carbons (Fsp3) is 0.500. The van der Waals surface area contributed by atoms with Gasteiger partial charge in [-0.2, -0.15) is 0 Å². The maximum atomic E-state index is 4.66. The van der Waals surface area contributed by atoms with Crippen LogP contribution in [0.4, 0.5) is 11.8 Å². The summed E-state index contributed by atoms with van der Waals surface area (Å²) in [7, 11) is 0. The Morgan fingerprint density at radius 2 is 2.00 bits per heavy atom. The Bertz CT molecular complexity index is 628. The van der Waals surface area contributed by atoms with Crippen LogP contribution in [0.15, 0.2) is 24.5 Å². The summed E-state index contributed by atoms with van der Waals surface area (Å²) in [5, 5.41) is 3.16. The SMILES string of the molecule is Cc1nc(Nc2ncccn2)cc([C@H]2CCCN2C(C)C)n1. The molecule has 6 nitrogen and oxygen atoms in total. The maximum absolute atomic E-state index is 4.66. The number of nitrogens with zero attached hydrogens (tertiary/aromatic N) is 5. The highest BCUT2D eigenvalue weighted by Crippen LogP contribution is 2.33. The van der Waals surface area contributed by atoms with Crippen LogP contribution in [-0.4, -0.2) is 37.4 Å². The minimum absolute atomic E-state index is 0.374. The molecule has 1 fully saturated rings. The van der Waals surface area contributed by atoms with E-state index < -0.39 is 0 Å². The maximum Gasteiger partial charge on any atom is 0.228 e. The smallest absolute Gasteiger partial charge is 0.228 e. The van der Waals surface area contributed by atoms with Crippen molar-refractivity contribution >= 4 is 11.8 Å². The van der Waals surface area contributed by atoms with Gasteiger partial charge in [-0.25, -0.2) is 19.9 Å². The molecule has 1 aliphatic rings. The van der Waals surface area contributed by atoms with Gasteiger partial charge in [0.1, 0.15) is 11.6 Å². The highest BCUT2D eigenvalue weighted by Gasteiger charge is 2.29. The summed E-state index contributed by atoms with van der Waals surface area (Å²) in [6, 6.07) is 4.71. The largest absolute Gasteiger partial charge is 0.309 e. The monoisotopic (exact) mass is 298 g/mol. The van der Waals surface area contributed by atoms with E-state index >= 15 is 0 Å². The van der Waals surface area contributed by atoms with Crippen LogP contribution < -0.4 is 5.32 Å². The van der Waals surface area contributed by atoms with E-state index in [0.29, 0.717) is 18.0 Å². The lowest BCUT2D eigenvalue weighted by Crippen LogP contribution is -2.30. The fourth-order valence-corrected chi connectivity index (χ4v) is 3.03. The molecular formula is C16H22N6. The molecule has 0 aromatic carbocycles. The van der Waals surface area contributed by atoms with Gasteiger partial charge in [-0.3, -0.25) is 4.90 Å². The lowest BCUT2D eigenvalue weighted by Gasteiger charge is -2.28. The number of hydrogen-bond donors (Lipinski definition) is 1. The molecule has 0 amide bonds. The average molecular weight is 298 g/mol. The second kappa shape index (κ2) is 6.36. The van der Waals surface area contributed by atoms with E-state index in [1.807, 2.05) is 13.0 Å². The van der Waals surface area contributed by atoms with Crippen molar-refractivity contribution in [3.05, 3.63) is 36.0 Å². The van der Waals surface area contributed by atoms with Crippen molar-refractivity contribution in [3.8, 4) is 0 Å². The zero-order valence-electron chi connectivity index (χ0n) is 13.3. The van der Waals surface area contributed by atoms with Crippen molar-refractivity contribution in [1.29, 1.82) is 0 Å². The van der Waals surface area contributed by atoms with Gasteiger partial charge in [-0.15, -0.1) is 0 Å². The van der Waals surface area contributed by atoms with Crippen molar-refractivity contribution in [2.45, 2.75) is 45.7 Å². The number of aryl methyl sites for hydroxylation is 1. The van der Waals surface area contributed by atoms with E-state index in [2.05, 4.69) is 44.0 Å². The van der Waals surface area contributed by atoms with E-state index in [-0.39, 0.29) is 0 Å². The van der Waals surface area contributed by atoms with Crippen LogP contribution in [0.2, 0.25) is 0 Å². The normalized spacial score (nSPS) is 18.8. The molecule has 0 saturated carbocycles. The highest BCUT2D eigenvalue weighted by atomic mass is 15.2. The van der Waals surface area contributed by atoms with E-state index in [1.54, 1.807) is 18.5 Å². The Balaban J connectivity index is 1.87. The second-order valence-corrected chi connectivity index (χ2v) is 5.91. The Morgan fingerprint density at radius 3 is 2.73 bits per heavy atom. The first-order valence-electron chi connectivity index (χ1n) is 7.79. The van der Waals surface area contributed by atoms with Gasteiger partial charge >= 0.3 is 0 Å². The van der Waals surface area contributed by atoms with Crippen LogP contribution in [0.1, 0.15) is 44.2 Å². The van der Waals surface area contributed by atoms with Gasteiger partial charge in [-0.05, 0) is 46.2 Å². The zero-order chi connectivity index (χ0) is 15.5. The van der Waals surface area contributed by atoms with Crippen molar-refractivity contribution in [3.63, 3.8) is 0 Å². The summed E-state index contributed by atoms with van der Waals surface area (Å²) in [6.07, 6.45) is 5.79. The highest BCUT2D eigenvalue weighted by molar-refractivity contribution is 5.48. The predicted molar refractivity (Wildman–Crippen MR) is 85.9 cm³/mol. The summed E-state index contributed by atoms with van der Waals surface area (Å²) in [5.41, 5.74) is 1.08. The van der Waals surface area contributed by atoms with E-state index in [4.69, 9.17) is 0 Å². The first-order chi connectivity index (χ1) is 10.6. The van der Waals surface area contributed by atoms with Gasteiger partial charge < -0.3 is 5.32 Å². The molecule has 3 rings (SSSR count). The van der Waals surface area contributed by atoms with Crippen LogP contribution in [0.3, 0.4) is 0 Å². The number of rotatable bonds is 4. The van der Waals surface area contributed by atoms with E-state index in [1.165, 1.54) is 6.42 Å². The standard InChI is InChI=1S/C16H22N6/c1-11(2)22-9-4-6-14(22)13-10-15(20-12(3)19-13)21-16-17-7-5-8-18-16/h5,7-8,10-11,14H,4,6,9H2,1-3H3,(H,17,18,19,20,21)/t14-/m1/s1. The molecule has 22 heavy (non-hydrogen) atoms. The Labute approximate surface area is 131 Å². The molecule has 2 aromatic rings. The van der Waals surface area contributed by atoms with Crippen molar-refractivity contribution in [2.75, 3.05) is 11.9 Å². The Morgan fingerprint density at radius 1 is 1.23 bits per heavy atom. The third kappa shape index (κ3) is 3.22. The topological polar surface area (TPSA) is 66.8 Å². The summed E-state index contributed by atoms with van der Waals surface area (Å²) in [5.74, 6) is 2.08. The van der Waals surface area contributed by atoms with Crippen molar-refractivity contribution in [2.24, 2.45) is 0 Å². The van der Waals surface area contributed by atoms with Gasteiger partial charge in [0.15, 0.2) is 0 Å². The summed E-state index contributed by atoms with van der Waals surface area (Å²) in [6.45, 7) is 7.54. The molecule has 0 spiro atoms. The molecule has 3 heterocycles. The van der Waals surface area contributed by atoms with E-state index in [0.717, 1.165) is 30.3 Å². The third-order valence-corrected chi connectivity index (χ3v) is 3.96. The average Bonchev–Trinajstić information content (AvgIpc) is 2.97. The van der Waals surface area contributed by atoms with Crippen LogP contribution in [0.5, 0.6) is 0 Å². The third-order valence-electron chi connectivity index (χ3n) is 3.96. The Hall–Kier alpha value is -2.08. The molecule has 1 atom stereocenters. The van der Waals surface area contributed by atoms with Gasteiger partial charge in [0, 0.05) is 24.5 Å². The Kier molecular flexibility index (Phi) is 4.29. The summed E-state index contributed by atoms with van der Waals surface area (Å²) < 4.78 is 0. The number of hydrogen-bond acceptors (Lipinski definition) is 6. The van der Waals surface area contributed by atoms with Crippen LogP contribution in [0, 0.1) is 6.92 Å². The first-order valence-corrected chi connectivity index (χ1v) is 7.79. The van der Waals surface area contributed by atoms with E-state index in [9.17, 15) is 0 Å². The molecule has 1 saturated heterocycles. The molecule has 116 valence electrons. The van der Waals surface area contributed by atoms with Crippen molar-refractivity contribution < 1.29 is 0 Å². The predicted octanol–water partition coefficient (Wildman–Crippen LogP) is 2.86. The number of likely N-dealkylation sites (tertiary alicyclic amines) is 1.